The van der Waals surface area contributed by atoms with Gasteiger partial charge >= 0.3 is 5.97 Å². The number of benzene rings is 1. The molecular weight excluding hydrogens is 320 g/mol. The molecule has 1 aromatic heterocycles. The zero-order chi connectivity index (χ0) is 13.3. The summed E-state index contributed by atoms with van der Waals surface area (Å²) < 4.78 is 6.04. The Morgan fingerprint density at radius 3 is 2.78 bits per heavy atom. The SMILES string of the molecule is CCSc1cc(=O)c2cc(C(=O)O)cc(Br)c2o1. The second-order valence-corrected chi connectivity index (χ2v) is 5.63. The lowest BCUT2D eigenvalue weighted by Gasteiger charge is -2.04. The van der Waals surface area contributed by atoms with Crippen molar-refractivity contribution in [2.24, 2.45) is 0 Å². The van der Waals surface area contributed by atoms with E-state index in [1.54, 1.807) is 0 Å². The molecule has 0 spiro atoms. The molecule has 2 rings (SSSR count). The third kappa shape index (κ3) is 2.44. The van der Waals surface area contributed by atoms with Crippen LogP contribution in [-0.2, 0) is 0 Å². The highest BCUT2D eigenvalue weighted by Gasteiger charge is 2.13. The molecule has 0 saturated heterocycles. The summed E-state index contributed by atoms with van der Waals surface area (Å²) in [6, 6.07) is 4.14. The van der Waals surface area contributed by atoms with Crippen LogP contribution in [0, 0.1) is 0 Å². The lowest BCUT2D eigenvalue weighted by Crippen LogP contribution is -2.04. The quantitative estimate of drug-likeness (QED) is 0.875. The van der Waals surface area contributed by atoms with Crippen molar-refractivity contribution in [3.05, 3.63) is 38.5 Å². The average molecular weight is 329 g/mol. The Morgan fingerprint density at radius 1 is 1.44 bits per heavy atom. The molecule has 0 fully saturated rings. The number of halogens is 1. The second-order valence-electron chi connectivity index (χ2n) is 3.50. The van der Waals surface area contributed by atoms with E-state index in [1.807, 2.05) is 6.92 Å². The maximum absolute atomic E-state index is 11.9. The Hall–Kier alpha value is -1.27. The molecule has 1 heterocycles. The minimum Gasteiger partial charge on any atom is -0.478 e. The van der Waals surface area contributed by atoms with E-state index in [4.69, 9.17) is 9.52 Å². The summed E-state index contributed by atoms with van der Waals surface area (Å²) >= 11 is 4.65. The van der Waals surface area contributed by atoms with Crippen molar-refractivity contribution in [2.75, 3.05) is 5.75 Å². The minimum absolute atomic E-state index is 0.0533. The van der Waals surface area contributed by atoms with Crippen LogP contribution in [0.3, 0.4) is 0 Å². The third-order valence-corrected chi connectivity index (χ3v) is 3.66. The first kappa shape index (κ1) is 13.2. The van der Waals surface area contributed by atoms with Crippen LogP contribution in [0.4, 0.5) is 0 Å². The van der Waals surface area contributed by atoms with Gasteiger partial charge in [-0.25, -0.2) is 4.79 Å². The molecule has 18 heavy (non-hydrogen) atoms. The maximum Gasteiger partial charge on any atom is 0.335 e. The van der Waals surface area contributed by atoms with E-state index in [0.717, 1.165) is 5.75 Å². The fourth-order valence-electron chi connectivity index (χ4n) is 1.53. The van der Waals surface area contributed by atoms with E-state index in [2.05, 4.69) is 15.9 Å². The smallest absolute Gasteiger partial charge is 0.335 e. The van der Waals surface area contributed by atoms with Crippen molar-refractivity contribution >= 4 is 44.6 Å². The monoisotopic (exact) mass is 328 g/mol. The number of hydrogen-bond acceptors (Lipinski definition) is 4. The van der Waals surface area contributed by atoms with Gasteiger partial charge in [-0.1, -0.05) is 18.7 Å². The summed E-state index contributed by atoms with van der Waals surface area (Å²) in [4.78, 5) is 22.8. The van der Waals surface area contributed by atoms with Gasteiger partial charge in [-0.3, -0.25) is 4.79 Å². The van der Waals surface area contributed by atoms with Crippen molar-refractivity contribution in [3.8, 4) is 0 Å². The molecule has 0 atom stereocenters. The van der Waals surface area contributed by atoms with Gasteiger partial charge in [-0.2, -0.15) is 0 Å². The van der Waals surface area contributed by atoms with Crippen LogP contribution < -0.4 is 5.43 Å². The van der Waals surface area contributed by atoms with Crippen molar-refractivity contribution in [1.29, 1.82) is 0 Å². The Balaban J connectivity index is 2.75. The first-order valence-corrected chi connectivity index (χ1v) is 6.94. The van der Waals surface area contributed by atoms with Gasteiger partial charge in [-0.15, -0.1) is 0 Å². The fourth-order valence-corrected chi connectivity index (χ4v) is 2.69. The van der Waals surface area contributed by atoms with Gasteiger partial charge in [-0.05, 0) is 33.8 Å². The van der Waals surface area contributed by atoms with Gasteiger partial charge in [0.05, 0.1) is 15.4 Å². The Morgan fingerprint density at radius 2 is 2.17 bits per heavy atom. The van der Waals surface area contributed by atoms with Gasteiger partial charge in [0.25, 0.3) is 0 Å². The number of fused-ring (bicyclic) bond motifs is 1. The zero-order valence-electron chi connectivity index (χ0n) is 9.40. The minimum atomic E-state index is -1.08. The van der Waals surface area contributed by atoms with Gasteiger partial charge in [0.1, 0.15) is 0 Å². The average Bonchev–Trinajstić information content (AvgIpc) is 2.30. The number of carboxylic acid groups (broad SMARTS) is 1. The largest absolute Gasteiger partial charge is 0.478 e. The number of carboxylic acids is 1. The summed E-state index contributed by atoms with van der Waals surface area (Å²) in [5, 5.41) is 9.73. The molecule has 0 aliphatic rings. The molecule has 0 aliphatic heterocycles. The fraction of sp³-hybridized carbons (Fsp3) is 0.167. The second kappa shape index (κ2) is 5.16. The first-order chi connectivity index (χ1) is 8.52. The maximum atomic E-state index is 11.9. The van der Waals surface area contributed by atoms with Gasteiger partial charge in [0, 0.05) is 6.07 Å². The van der Waals surface area contributed by atoms with Crippen LogP contribution in [0.5, 0.6) is 0 Å². The summed E-state index contributed by atoms with van der Waals surface area (Å²) in [6.45, 7) is 1.96. The molecule has 0 aliphatic carbocycles. The summed E-state index contributed by atoms with van der Waals surface area (Å²) in [5.74, 6) is -0.289. The van der Waals surface area contributed by atoms with E-state index >= 15 is 0 Å². The predicted octanol–water partition coefficient (Wildman–Crippen LogP) is 3.37. The number of carbonyl (C=O) groups is 1. The molecule has 0 bridgehead atoms. The van der Waals surface area contributed by atoms with Crippen LogP contribution in [-0.4, -0.2) is 16.8 Å². The van der Waals surface area contributed by atoms with Crippen molar-refractivity contribution in [1.82, 2.24) is 0 Å². The summed E-state index contributed by atoms with van der Waals surface area (Å²) in [6.07, 6.45) is 0. The molecule has 4 nitrogen and oxygen atoms in total. The molecule has 0 saturated carbocycles. The standard InChI is InChI=1S/C12H9BrO4S/c1-2-18-10-5-9(14)7-3-6(12(15)16)4-8(13)11(7)17-10/h3-5H,2H2,1H3,(H,15,16). The van der Waals surface area contributed by atoms with Crippen molar-refractivity contribution < 1.29 is 14.3 Å². The zero-order valence-corrected chi connectivity index (χ0v) is 11.8. The third-order valence-electron chi connectivity index (χ3n) is 2.29. The Bertz CT molecular complexity index is 678. The number of aromatic carboxylic acids is 1. The van der Waals surface area contributed by atoms with E-state index in [1.165, 1.54) is 30.0 Å². The van der Waals surface area contributed by atoms with Crippen molar-refractivity contribution in [2.45, 2.75) is 12.0 Å². The summed E-state index contributed by atoms with van der Waals surface area (Å²) in [5.41, 5.74) is 0.192. The normalized spacial score (nSPS) is 10.8. The van der Waals surface area contributed by atoms with Crippen LogP contribution in [0.25, 0.3) is 11.0 Å². The van der Waals surface area contributed by atoms with Crippen LogP contribution in [0.15, 0.2) is 37.0 Å². The number of rotatable bonds is 3. The summed E-state index contributed by atoms with van der Waals surface area (Å²) in [7, 11) is 0. The van der Waals surface area contributed by atoms with Crippen LogP contribution in [0.2, 0.25) is 0 Å². The molecular formula is C12H9BrO4S. The van der Waals surface area contributed by atoms with Crippen LogP contribution >= 0.6 is 27.7 Å². The molecule has 2 aromatic rings. The molecule has 0 radical (unpaired) electrons. The molecule has 0 unspecified atom stereocenters. The van der Waals surface area contributed by atoms with Gasteiger partial charge in [0.15, 0.2) is 16.1 Å². The van der Waals surface area contributed by atoms with Gasteiger partial charge < -0.3 is 9.52 Å². The highest BCUT2D eigenvalue weighted by molar-refractivity contribution is 9.10. The molecule has 1 aromatic carbocycles. The lowest BCUT2D eigenvalue weighted by molar-refractivity contribution is 0.0697. The number of thioether (sulfide) groups is 1. The topological polar surface area (TPSA) is 67.5 Å². The Labute approximate surface area is 115 Å². The van der Waals surface area contributed by atoms with E-state index in [-0.39, 0.29) is 16.4 Å². The van der Waals surface area contributed by atoms with E-state index in [0.29, 0.717) is 15.1 Å². The highest BCUT2D eigenvalue weighted by atomic mass is 79.9. The molecule has 6 heteroatoms. The lowest BCUT2D eigenvalue weighted by atomic mass is 10.1. The first-order valence-electron chi connectivity index (χ1n) is 5.16. The van der Waals surface area contributed by atoms with E-state index in [9.17, 15) is 9.59 Å². The van der Waals surface area contributed by atoms with E-state index < -0.39 is 5.97 Å². The molecule has 94 valence electrons. The van der Waals surface area contributed by atoms with Crippen LogP contribution in [0.1, 0.15) is 17.3 Å². The van der Waals surface area contributed by atoms with Crippen molar-refractivity contribution in [3.63, 3.8) is 0 Å². The van der Waals surface area contributed by atoms with Gasteiger partial charge in [0.2, 0.25) is 0 Å². The Kier molecular flexibility index (Phi) is 3.77. The predicted molar refractivity (Wildman–Crippen MR) is 73.5 cm³/mol. The number of hydrogen-bond donors (Lipinski definition) is 1. The highest BCUT2D eigenvalue weighted by Crippen LogP contribution is 2.28. The molecule has 0 amide bonds. The molecule has 1 N–H and O–H groups in total.